The van der Waals surface area contributed by atoms with Crippen molar-refractivity contribution in [3.8, 4) is 17.6 Å². The number of nitriles is 1. The Hall–Kier alpha value is -4.64. The number of ether oxygens (including phenoxy) is 2. The number of hydrogen-bond acceptors (Lipinski definition) is 6. The molecule has 0 aliphatic rings. The third-order valence-electron chi connectivity index (χ3n) is 4.80. The first kappa shape index (κ1) is 23.0. The van der Waals surface area contributed by atoms with Gasteiger partial charge in [-0.25, -0.2) is 0 Å². The molecular formula is C25H21N3O5. The van der Waals surface area contributed by atoms with E-state index in [-0.39, 0.29) is 17.9 Å². The number of benzene rings is 3. The van der Waals surface area contributed by atoms with Crippen LogP contribution in [0.25, 0.3) is 6.08 Å². The Balaban J connectivity index is 1.74. The fraction of sp³-hybridized carbons (Fsp3) is 0.120. The Morgan fingerprint density at radius 1 is 1.12 bits per heavy atom. The Bertz CT molecular complexity index is 1240. The van der Waals surface area contributed by atoms with E-state index in [4.69, 9.17) is 9.47 Å². The van der Waals surface area contributed by atoms with E-state index in [0.29, 0.717) is 22.7 Å². The van der Waals surface area contributed by atoms with Crippen LogP contribution in [-0.4, -0.2) is 17.9 Å². The van der Waals surface area contributed by atoms with Gasteiger partial charge in [0.15, 0.2) is 11.5 Å². The van der Waals surface area contributed by atoms with Gasteiger partial charge in [-0.3, -0.25) is 14.9 Å². The van der Waals surface area contributed by atoms with E-state index in [1.807, 2.05) is 25.1 Å². The van der Waals surface area contributed by atoms with Crippen LogP contribution in [0.1, 0.15) is 16.7 Å². The second-order valence-electron chi connectivity index (χ2n) is 7.06. The van der Waals surface area contributed by atoms with Gasteiger partial charge in [0.05, 0.1) is 12.0 Å². The van der Waals surface area contributed by atoms with Crippen molar-refractivity contribution < 1.29 is 19.2 Å². The highest BCUT2D eigenvalue weighted by molar-refractivity contribution is 6.10. The molecule has 8 nitrogen and oxygen atoms in total. The van der Waals surface area contributed by atoms with Crippen LogP contribution in [-0.2, 0) is 11.4 Å². The fourth-order valence-electron chi connectivity index (χ4n) is 2.99. The summed E-state index contributed by atoms with van der Waals surface area (Å²) in [5, 5.41) is 23.0. The number of para-hydroxylation sites is 1. The maximum atomic E-state index is 12.5. The van der Waals surface area contributed by atoms with Gasteiger partial charge in [0.2, 0.25) is 0 Å². The zero-order valence-electron chi connectivity index (χ0n) is 18.1. The Morgan fingerprint density at radius 2 is 1.85 bits per heavy atom. The summed E-state index contributed by atoms with van der Waals surface area (Å²) in [6.07, 6.45) is 1.47. The second kappa shape index (κ2) is 10.6. The third kappa shape index (κ3) is 5.95. The van der Waals surface area contributed by atoms with Crippen LogP contribution in [0, 0.1) is 28.4 Å². The number of anilines is 1. The van der Waals surface area contributed by atoms with Crippen molar-refractivity contribution in [2.24, 2.45) is 0 Å². The lowest BCUT2D eigenvalue weighted by molar-refractivity contribution is -0.384. The SMILES string of the molecule is COc1cc(/C=C(/C#N)C(=O)Nc2ccccc2C)ccc1OCc1ccc([N+](=O)[O-])cc1. The van der Waals surface area contributed by atoms with Gasteiger partial charge in [-0.1, -0.05) is 24.3 Å². The summed E-state index contributed by atoms with van der Waals surface area (Å²) in [6, 6.07) is 20.3. The molecule has 0 saturated carbocycles. The Kier molecular flexibility index (Phi) is 7.39. The van der Waals surface area contributed by atoms with Gasteiger partial charge in [0.25, 0.3) is 11.6 Å². The predicted molar refractivity (Wildman–Crippen MR) is 124 cm³/mol. The second-order valence-corrected chi connectivity index (χ2v) is 7.06. The first-order chi connectivity index (χ1) is 15.9. The van der Waals surface area contributed by atoms with Crippen molar-refractivity contribution >= 4 is 23.4 Å². The summed E-state index contributed by atoms with van der Waals surface area (Å²) in [4.78, 5) is 22.8. The topological polar surface area (TPSA) is 114 Å². The van der Waals surface area contributed by atoms with Gasteiger partial charge < -0.3 is 14.8 Å². The summed E-state index contributed by atoms with van der Waals surface area (Å²) < 4.78 is 11.2. The van der Waals surface area contributed by atoms with Crippen LogP contribution in [0.4, 0.5) is 11.4 Å². The van der Waals surface area contributed by atoms with Gasteiger partial charge >= 0.3 is 0 Å². The molecule has 3 aromatic rings. The minimum atomic E-state index is -0.510. The molecule has 0 aliphatic heterocycles. The van der Waals surface area contributed by atoms with Crippen molar-refractivity contribution in [2.45, 2.75) is 13.5 Å². The molecule has 0 aliphatic carbocycles. The lowest BCUT2D eigenvalue weighted by Gasteiger charge is -2.12. The van der Waals surface area contributed by atoms with E-state index >= 15 is 0 Å². The molecule has 1 N–H and O–H groups in total. The standard InChI is InChI=1S/C25H21N3O5/c1-17-5-3-4-6-22(17)27-25(29)20(15-26)13-19-9-12-23(24(14-19)32-2)33-16-18-7-10-21(11-8-18)28(30)31/h3-14H,16H2,1-2H3,(H,27,29)/b20-13-. The average Bonchev–Trinajstić information content (AvgIpc) is 2.83. The molecule has 0 atom stereocenters. The van der Waals surface area contributed by atoms with Crippen molar-refractivity contribution in [2.75, 3.05) is 12.4 Å². The van der Waals surface area contributed by atoms with E-state index in [0.717, 1.165) is 11.1 Å². The molecule has 0 aromatic heterocycles. The molecule has 0 fully saturated rings. The molecule has 3 rings (SSSR count). The van der Waals surface area contributed by atoms with Crippen LogP contribution in [0.2, 0.25) is 0 Å². The van der Waals surface area contributed by atoms with Crippen molar-refractivity contribution in [1.82, 2.24) is 0 Å². The molecule has 33 heavy (non-hydrogen) atoms. The zero-order valence-corrected chi connectivity index (χ0v) is 18.1. The molecule has 0 heterocycles. The summed E-state index contributed by atoms with van der Waals surface area (Å²) in [6.45, 7) is 2.05. The van der Waals surface area contributed by atoms with Crippen molar-refractivity contribution in [3.63, 3.8) is 0 Å². The summed E-state index contributed by atoms with van der Waals surface area (Å²) >= 11 is 0. The van der Waals surface area contributed by atoms with E-state index in [1.54, 1.807) is 42.5 Å². The highest BCUT2D eigenvalue weighted by Gasteiger charge is 2.12. The fourth-order valence-corrected chi connectivity index (χ4v) is 2.99. The molecule has 0 radical (unpaired) electrons. The normalized spacial score (nSPS) is 10.8. The van der Waals surface area contributed by atoms with Crippen LogP contribution in [0.5, 0.6) is 11.5 Å². The number of carbonyl (C=O) groups is 1. The number of hydrogen-bond donors (Lipinski definition) is 1. The Labute approximate surface area is 190 Å². The molecule has 0 unspecified atom stereocenters. The molecule has 0 saturated heterocycles. The monoisotopic (exact) mass is 443 g/mol. The quantitative estimate of drug-likeness (QED) is 0.226. The van der Waals surface area contributed by atoms with E-state index in [9.17, 15) is 20.2 Å². The number of nitro benzene ring substituents is 1. The van der Waals surface area contributed by atoms with Crippen LogP contribution in [0.3, 0.4) is 0 Å². The number of aryl methyl sites for hydroxylation is 1. The third-order valence-corrected chi connectivity index (χ3v) is 4.80. The maximum Gasteiger partial charge on any atom is 0.269 e. The summed E-state index contributed by atoms with van der Waals surface area (Å²) in [5.41, 5.74) is 2.82. The van der Waals surface area contributed by atoms with Gasteiger partial charge in [0, 0.05) is 17.8 Å². The number of non-ortho nitro benzene ring substituents is 1. The van der Waals surface area contributed by atoms with Crippen LogP contribution >= 0.6 is 0 Å². The molecule has 0 spiro atoms. The number of amides is 1. The van der Waals surface area contributed by atoms with Crippen LogP contribution < -0.4 is 14.8 Å². The first-order valence-electron chi connectivity index (χ1n) is 9.94. The number of methoxy groups -OCH3 is 1. The number of nitro groups is 1. The van der Waals surface area contributed by atoms with E-state index < -0.39 is 10.8 Å². The van der Waals surface area contributed by atoms with Crippen molar-refractivity contribution in [3.05, 3.63) is 99.1 Å². The minimum Gasteiger partial charge on any atom is -0.493 e. The number of nitrogens with zero attached hydrogens (tertiary/aromatic N) is 2. The molecule has 0 bridgehead atoms. The van der Waals surface area contributed by atoms with Gasteiger partial charge in [-0.05, 0) is 60.0 Å². The molecule has 166 valence electrons. The van der Waals surface area contributed by atoms with Gasteiger partial charge in [-0.15, -0.1) is 0 Å². The first-order valence-corrected chi connectivity index (χ1v) is 9.94. The number of rotatable bonds is 8. The molecular weight excluding hydrogens is 422 g/mol. The number of nitrogens with one attached hydrogen (secondary N) is 1. The van der Waals surface area contributed by atoms with Gasteiger partial charge in [-0.2, -0.15) is 5.26 Å². The number of carbonyl (C=O) groups excluding carboxylic acids is 1. The van der Waals surface area contributed by atoms with E-state index in [2.05, 4.69) is 5.32 Å². The molecule has 1 amide bonds. The lowest BCUT2D eigenvalue weighted by atomic mass is 10.1. The maximum absolute atomic E-state index is 12.5. The van der Waals surface area contributed by atoms with E-state index in [1.165, 1.54) is 25.3 Å². The van der Waals surface area contributed by atoms with Crippen molar-refractivity contribution in [1.29, 1.82) is 5.26 Å². The Morgan fingerprint density at radius 3 is 2.48 bits per heavy atom. The molecule has 8 heteroatoms. The average molecular weight is 443 g/mol. The largest absolute Gasteiger partial charge is 0.493 e. The van der Waals surface area contributed by atoms with Crippen LogP contribution in [0.15, 0.2) is 72.3 Å². The summed E-state index contributed by atoms with van der Waals surface area (Å²) in [7, 11) is 1.48. The highest BCUT2D eigenvalue weighted by Crippen LogP contribution is 2.30. The van der Waals surface area contributed by atoms with Gasteiger partial charge in [0.1, 0.15) is 18.2 Å². The molecule has 3 aromatic carbocycles. The zero-order chi connectivity index (χ0) is 23.8. The predicted octanol–water partition coefficient (Wildman–Crippen LogP) is 5.04. The minimum absolute atomic E-state index is 0.00669. The summed E-state index contributed by atoms with van der Waals surface area (Å²) in [5.74, 6) is 0.363. The smallest absolute Gasteiger partial charge is 0.269 e. The lowest BCUT2D eigenvalue weighted by Crippen LogP contribution is -2.14. The highest BCUT2D eigenvalue weighted by atomic mass is 16.6.